The lowest BCUT2D eigenvalue weighted by Gasteiger charge is -2.11. The maximum Gasteiger partial charge on any atom is 0.277 e. The van der Waals surface area contributed by atoms with Crippen molar-refractivity contribution in [3.63, 3.8) is 0 Å². The molecule has 0 saturated carbocycles. The maximum atomic E-state index is 12.0. The second-order valence-electron chi connectivity index (χ2n) is 7.05. The second-order valence-corrected chi connectivity index (χ2v) is 7.90. The molecule has 1 amide bonds. The van der Waals surface area contributed by atoms with Gasteiger partial charge in [-0.25, -0.2) is 5.43 Å². The number of benzene rings is 3. The first-order valence-electron chi connectivity index (χ1n) is 9.89. The number of rotatable bonds is 8. The third-order valence-corrected chi connectivity index (χ3v) is 5.26. The number of hydrazone groups is 1. The van der Waals surface area contributed by atoms with Gasteiger partial charge in [0, 0.05) is 5.56 Å². The predicted molar refractivity (Wildman–Crippen MR) is 127 cm³/mol. The molecule has 0 atom stereocenters. The summed E-state index contributed by atoms with van der Waals surface area (Å²) in [5, 5.41) is 13.2. The van der Waals surface area contributed by atoms with Crippen molar-refractivity contribution < 1.29 is 14.3 Å². The molecule has 1 N–H and O–H groups in total. The van der Waals surface area contributed by atoms with Crippen molar-refractivity contribution in [3.05, 3.63) is 93.0 Å². The van der Waals surface area contributed by atoms with Gasteiger partial charge in [0.1, 0.15) is 18.1 Å². The smallest absolute Gasteiger partial charge is 0.277 e. The van der Waals surface area contributed by atoms with Gasteiger partial charge >= 0.3 is 0 Å². The van der Waals surface area contributed by atoms with Crippen molar-refractivity contribution in [2.24, 2.45) is 5.10 Å². The molecule has 0 fully saturated rings. The predicted octanol–water partition coefficient (Wildman–Crippen LogP) is 5.05. The van der Waals surface area contributed by atoms with Crippen LogP contribution in [0.2, 0.25) is 0 Å². The average Bonchev–Trinajstić information content (AvgIpc) is 2.78. The lowest BCUT2D eigenvalue weighted by molar-refractivity contribution is -0.123. The van der Waals surface area contributed by atoms with Crippen molar-refractivity contribution in [1.29, 1.82) is 5.26 Å². The van der Waals surface area contributed by atoms with Crippen LogP contribution in [-0.4, -0.2) is 18.7 Å². The Hall–Kier alpha value is -3.63. The highest BCUT2D eigenvalue weighted by molar-refractivity contribution is 9.10. The topological polar surface area (TPSA) is 83.7 Å². The molecule has 0 heterocycles. The molecular formula is C25H22BrN3O3. The van der Waals surface area contributed by atoms with Crippen LogP contribution in [0.25, 0.3) is 0 Å². The lowest BCUT2D eigenvalue weighted by Crippen LogP contribution is -2.25. The Kier molecular flexibility index (Phi) is 8.01. The Morgan fingerprint density at radius 2 is 1.84 bits per heavy atom. The molecule has 0 aliphatic rings. The highest BCUT2D eigenvalue weighted by Crippen LogP contribution is 2.27. The minimum absolute atomic E-state index is 0.121. The van der Waals surface area contributed by atoms with Crippen LogP contribution in [0.5, 0.6) is 11.5 Å². The van der Waals surface area contributed by atoms with Crippen LogP contribution < -0.4 is 14.9 Å². The highest BCUT2D eigenvalue weighted by atomic mass is 79.9. The summed E-state index contributed by atoms with van der Waals surface area (Å²) in [6.45, 7) is 4.04. The van der Waals surface area contributed by atoms with Crippen LogP contribution in [0.4, 0.5) is 0 Å². The Bertz CT molecular complexity index is 1170. The van der Waals surface area contributed by atoms with E-state index in [0.29, 0.717) is 17.1 Å². The summed E-state index contributed by atoms with van der Waals surface area (Å²) < 4.78 is 12.2. The zero-order valence-electron chi connectivity index (χ0n) is 17.8. The van der Waals surface area contributed by atoms with Gasteiger partial charge in [0.2, 0.25) is 0 Å². The van der Waals surface area contributed by atoms with Crippen molar-refractivity contribution >= 4 is 28.1 Å². The molecule has 3 aromatic carbocycles. The average molecular weight is 492 g/mol. The molecule has 0 aromatic heterocycles. The number of nitrogens with one attached hydrogen (secondary N) is 1. The zero-order valence-corrected chi connectivity index (χ0v) is 19.3. The van der Waals surface area contributed by atoms with Crippen molar-refractivity contribution in [1.82, 2.24) is 5.43 Å². The fraction of sp³-hybridized carbons (Fsp3) is 0.160. The Morgan fingerprint density at radius 3 is 2.56 bits per heavy atom. The largest absolute Gasteiger partial charge is 0.488 e. The Labute approximate surface area is 195 Å². The molecule has 0 aliphatic carbocycles. The molecule has 0 spiro atoms. The fourth-order valence-corrected chi connectivity index (χ4v) is 3.51. The summed E-state index contributed by atoms with van der Waals surface area (Å²) in [5.74, 6) is 1.00. The van der Waals surface area contributed by atoms with Gasteiger partial charge in [0.25, 0.3) is 5.91 Å². The molecule has 3 rings (SSSR count). The lowest BCUT2D eigenvalue weighted by atomic mass is 10.1. The summed E-state index contributed by atoms with van der Waals surface area (Å²) in [6, 6.07) is 20.7. The van der Waals surface area contributed by atoms with Gasteiger partial charge in [-0.3, -0.25) is 4.79 Å². The molecule has 162 valence electrons. The van der Waals surface area contributed by atoms with E-state index in [1.807, 2.05) is 62.4 Å². The SMILES string of the molecule is Cc1cccc(C)c1OCC(=O)N/N=C\c1ccc(OCc2ccccc2C#N)c(Br)c1. The first-order chi connectivity index (χ1) is 15.5. The normalized spacial score (nSPS) is 10.6. The monoisotopic (exact) mass is 491 g/mol. The van der Waals surface area contributed by atoms with E-state index in [1.165, 1.54) is 6.21 Å². The van der Waals surface area contributed by atoms with Gasteiger partial charge in [-0.2, -0.15) is 10.4 Å². The third kappa shape index (κ3) is 6.19. The van der Waals surface area contributed by atoms with Crippen molar-refractivity contribution in [3.8, 4) is 17.6 Å². The first kappa shape index (κ1) is 23.0. The number of hydrogen-bond acceptors (Lipinski definition) is 5. The molecule has 7 heteroatoms. The number of halogens is 1. The van der Waals surface area contributed by atoms with E-state index in [2.05, 4.69) is 32.5 Å². The van der Waals surface area contributed by atoms with E-state index in [9.17, 15) is 10.1 Å². The number of aryl methyl sites for hydroxylation is 2. The second kappa shape index (κ2) is 11.1. The van der Waals surface area contributed by atoms with Gasteiger partial charge in [0.05, 0.1) is 22.3 Å². The van der Waals surface area contributed by atoms with E-state index < -0.39 is 0 Å². The number of nitrogens with zero attached hydrogens (tertiary/aromatic N) is 2. The van der Waals surface area contributed by atoms with Crippen LogP contribution in [0.1, 0.15) is 27.8 Å². The summed E-state index contributed by atoms with van der Waals surface area (Å²) in [4.78, 5) is 12.0. The Balaban J connectivity index is 1.52. The van der Waals surface area contributed by atoms with E-state index in [1.54, 1.807) is 12.1 Å². The fourth-order valence-electron chi connectivity index (χ4n) is 3.00. The van der Waals surface area contributed by atoms with Crippen LogP contribution in [0.3, 0.4) is 0 Å². The summed E-state index contributed by atoms with van der Waals surface area (Å²) in [7, 11) is 0. The van der Waals surface area contributed by atoms with Gasteiger partial charge in [-0.15, -0.1) is 0 Å². The van der Waals surface area contributed by atoms with Crippen LogP contribution in [0.15, 0.2) is 70.2 Å². The van der Waals surface area contributed by atoms with E-state index in [-0.39, 0.29) is 19.1 Å². The molecule has 32 heavy (non-hydrogen) atoms. The van der Waals surface area contributed by atoms with Gasteiger partial charge in [-0.1, -0.05) is 36.4 Å². The molecule has 0 bridgehead atoms. The molecule has 0 radical (unpaired) electrons. The summed E-state index contributed by atoms with van der Waals surface area (Å²) in [6.07, 6.45) is 1.54. The molecule has 3 aromatic rings. The molecule has 0 unspecified atom stereocenters. The maximum absolute atomic E-state index is 12.0. The molecular weight excluding hydrogens is 470 g/mol. The van der Waals surface area contributed by atoms with Crippen LogP contribution in [-0.2, 0) is 11.4 Å². The van der Waals surface area contributed by atoms with Gasteiger partial charge < -0.3 is 9.47 Å². The quantitative estimate of drug-likeness (QED) is 0.353. The molecule has 0 aliphatic heterocycles. The first-order valence-corrected chi connectivity index (χ1v) is 10.7. The standard InChI is InChI=1S/C25H22BrN3O3/c1-17-6-5-7-18(2)25(17)32-16-24(30)29-28-14-19-10-11-23(22(26)12-19)31-15-21-9-4-3-8-20(21)13-27/h3-12,14H,15-16H2,1-2H3,(H,29,30)/b28-14-. The summed E-state index contributed by atoms with van der Waals surface area (Å²) >= 11 is 3.48. The number of para-hydroxylation sites is 1. The number of amides is 1. The number of carbonyl (C=O) groups excluding carboxylic acids is 1. The summed E-state index contributed by atoms with van der Waals surface area (Å²) in [5.41, 5.74) is 6.60. The number of ether oxygens (including phenoxy) is 2. The van der Waals surface area contributed by atoms with Crippen LogP contribution in [0, 0.1) is 25.2 Å². The van der Waals surface area contributed by atoms with Crippen molar-refractivity contribution in [2.75, 3.05) is 6.61 Å². The van der Waals surface area contributed by atoms with Gasteiger partial charge in [-0.05, 0) is 70.7 Å². The Morgan fingerprint density at radius 1 is 1.09 bits per heavy atom. The van der Waals surface area contributed by atoms with E-state index in [0.717, 1.165) is 26.7 Å². The third-order valence-electron chi connectivity index (χ3n) is 4.64. The zero-order chi connectivity index (χ0) is 22.9. The number of hydrogen-bond donors (Lipinski definition) is 1. The molecule has 6 nitrogen and oxygen atoms in total. The van der Waals surface area contributed by atoms with Gasteiger partial charge in [0.15, 0.2) is 6.61 Å². The molecule has 0 saturated heterocycles. The minimum atomic E-state index is -0.348. The highest BCUT2D eigenvalue weighted by Gasteiger charge is 2.07. The number of carbonyl (C=O) groups is 1. The number of nitriles is 1. The minimum Gasteiger partial charge on any atom is -0.488 e. The van der Waals surface area contributed by atoms with E-state index in [4.69, 9.17) is 9.47 Å². The van der Waals surface area contributed by atoms with E-state index >= 15 is 0 Å². The van der Waals surface area contributed by atoms with Crippen LogP contribution >= 0.6 is 15.9 Å². The van der Waals surface area contributed by atoms with Crippen molar-refractivity contribution in [2.45, 2.75) is 20.5 Å².